The Hall–Kier alpha value is -3.82. The molecule has 0 aliphatic carbocycles. The molecule has 1 saturated heterocycles. The number of amides is 1. The molecule has 0 bridgehead atoms. The monoisotopic (exact) mass is 439 g/mol. The van der Waals surface area contributed by atoms with Gasteiger partial charge in [0.1, 0.15) is 5.75 Å². The SMILES string of the molecule is COc1ccccc1C#Cc1ccc2c(c1)[C@H]1[C@H](CCN1C(=O)c1ccncc1)[C@H](CO)N2. The van der Waals surface area contributed by atoms with Crippen molar-refractivity contribution in [1.82, 2.24) is 9.88 Å². The maximum absolute atomic E-state index is 13.3. The molecule has 33 heavy (non-hydrogen) atoms. The van der Waals surface area contributed by atoms with Gasteiger partial charge in [0.2, 0.25) is 0 Å². The Kier molecular flexibility index (Phi) is 5.72. The molecule has 2 aromatic carbocycles. The lowest BCUT2D eigenvalue weighted by Crippen LogP contribution is -2.42. The van der Waals surface area contributed by atoms with E-state index in [2.05, 4.69) is 28.2 Å². The number of carbonyl (C=O) groups is 1. The Bertz CT molecular complexity index is 1230. The normalized spacial score (nSPS) is 20.7. The number of nitrogens with one attached hydrogen (secondary N) is 1. The van der Waals surface area contributed by atoms with Crippen LogP contribution in [0.3, 0.4) is 0 Å². The highest BCUT2D eigenvalue weighted by Crippen LogP contribution is 2.47. The van der Waals surface area contributed by atoms with Gasteiger partial charge in [-0.05, 0) is 54.4 Å². The summed E-state index contributed by atoms with van der Waals surface area (Å²) in [5.41, 5.74) is 4.29. The Morgan fingerprint density at radius 3 is 2.79 bits per heavy atom. The van der Waals surface area contributed by atoms with E-state index in [9.17, 15) is 9.90 Å². The highest BCUT2D eigenvalue weighted by atomic mass is 16.5. The third-order valence-corrected chi connectivity index (χ3v) is 6.51. The molecule has 2 N–H and O–H groups in total. The third-order valence-electron chi connectivity index (χ3n) is 6.51. The number of rotatable bonds is 3. The summed E-state index contributed by atoms with van der Waals surface area (Å²) in [6, 6.07) is 17.0. The van der Waals surface area contributed by atoms with E-state index < -0.39 is 0 Å². The maximum atomic E-state index is 13.3. The average molecular weight is 440 g/mol. The van der Waals surface area contributed by atoms with Gasteiger partial charge in [-0.2, -0.15) is 0 Å². The van der Waals surface area contributed by atoms with Gasteiger partial charge in [-0.3, -0.25) is 9.78 Å². The smallest absolute Gasteiger partial charge is 0.254 e. The number of ether oxygens (including phenoxy) is 1. The molecule has 3 aromatic rings. The summed E-state index contributed by atoms with van der Waals surface area (Å²) in [5, 5.41) is 13.5. The van der Waals surface area contributed by atoms with Crippen LogP contribution in [0.15, 0.2) is 67.0 Å². The number of aliphatic hydroxyl groups excluding tert-OH is 1. The van der Waals surface area contributed by atoms with Gasteiger partial charge in [0.15, 0.2) is 0 Å². The van der Waals surface area contributed by atoms with Crippen molar-refractivity contribution in [2.45, 2.75) is 18.5 Å². The number of hydrogen-bond donors (Lipinski definition) is 2. The van der Waals surface area contributed by atoms with Gasteiger partial charge < -0.3 is 20.1 Å². The second-order valence-corrected chi connectivity index (χ2v) is 8.32. The maximum Gasteiger partial charge on any atom is 0.254 e. The molecule has 0 radical (unpaired) electrons. The van der Waals surface area contributed by atoms with Gasteiger partial charge in [-0.25, -0.2) is 0 Å². The van der Waals surface area contributed by atoms with E-state index in [0.29, 0.717) is 12.1 Å². The molecule has 2 aliphatic heterocycles. The number of benzene rings is 2. The van der Waals surface area contributed by atoms with Crippen LogP contribution in [0, 0.1) is 17.8 Å². The molecular formula is C27H25N3O3. The summed E-state index contributed by atoms with van der Waals surface area (Å²) in [5.74, 6) is 7.30. The standard InChI is InChI=1S/C27H25N3O3/c1-33-25-5-3-2-4-19(25)8-6-18-7-9-23-22(16-18)26-21(24(17-31)29-23)12-15-30(26)27(32)20-10-13-28-14-11-20/h2-5,7,9-11,13-14,16,21,24,26,29,31H,12,15,17H2,1H3/t21-,24+,26-/m1/s1. The highest BCUT2D eigenvalue weighted by molar-refractivity contribution is 5.94. The minimum Gasteiger partial charge on any atom is -0.495 e. The molecule has 0 spiro atoms. The first kappa shape index (κ1) is 21.0. The number of anilines is 1. The van der Waals surface area contributed by atoms with Crippen molar-refractivity contribution in [3.8, 4) is 17.6 Å². The largest absolute Gasteiger partial charge is 0.495 e. The van der Waals surface area contributed by atoms with E-state index in [-0.39, 0.29) is 30.5 Å². The minimum absolute atomic E-state index is 0.0139. The number of para-hydroxylation sites is 1. The second-order valence-electron chi connectivity index (χ2n) is 8.32. The van der Waals surface area contributed by atoms with E-state index in [0.717, 1.165) is 34.5 Å². The fourth-order valence-corrected chi connectivity index (χ4v) is 4.92. The molecule has 3 heterocycles. The topological polar surface area (TPSA) is 74.7 Å². The van der Waals surface area contributed by atoms with Crippen molar-refractivity contribution in [3.63, 3.8) is 0 Å². The van der Waals surface area contributed by atoms with Crippen LogP contribution in [0.4, 0.5) is 5.69 Å². The molecule has 0 unspecified atom stereocenters. The van der Waals surface area contributed by atoms with E-state index >= 15 is 0 Å². The molecule has 1 fully saturated rings. The molecule has 6 nitrogen and oxygen atoms in total. The van der Waals surface area contributed by atoms with Crippen molar-refractivity contribution < 1.29 is 14.6 Å². The number of pyridine rings is 1. The van der Waals surface area contributed by atoms with Crippen molar-refractivity contribution in [3.05, 3.63) is 89.2 Å². The fraction of sp³-hybridized carbons (Fsp3) is 0.259. The Morgan fingerprint density at radius 1 is 1.18 bits per heavy atom. The zero-order chi connectivity index (χ0) is 22.8. The first-order valence-electron chi connectivity index (χ1n) is 11.1. The Labute approximate surface area is 193 Å². The molecule has 1 amide bonds. The number of nitrogens with zero attached hydrogens (tertiary/aromatic N) is 2. The lowest BCUT2D eigenvalue weighted by molar-refractivity contribution is 0.0701. The van der Waals surface area contributed by atoms with E-state index in [1.165, 1.54) is 0 Å². The van der Waals surface area contributed by atoms with Crippen molar-refractivity contribution in [1.29, 1.82) is 0 Å². The first-order chi connectivity index (χ1) is 16.2. The quantitative estimate of drug-likeness (QED) is 0.612. The number of carbonyl (C=O) groups excluding carboxylic acids is 1. The fourth-order valence-electron chi connectivity index (χ4n) is 4.92. The minimum atomic E-state index is -0.118. The van der Waals surface area contributed by atoms with Crippen molar-refractivity contribution >= 4 is 11.6 Å². The Morgan fingerprint density at radius 2 is 2.00 bits per heavy atom. The van der Waals surface area contributed by atoms with Crippen LogP contribution in [0.1, 0.15) is 39.5 Å². The number of aliphatic hydroxyl groups is 1. The zero-order valence-electron chi connectivity index (χ0n) is 18.4. The van der Waals surface area contributed by atoms with Gasteiger partial charge in [0.25, 0.3) is 5.91 Å². The summed E-state index contributed by atoms with van der Waals surface area (Å²) >= 11 is 0. The number of likely N-dealkylation sites (tertiary alicyclic amines) is 1. The predicted molar refractivity (Wildman–Crippen MR) is 126 cm³/mol. The molecule has 3 atom stereocenters. The molecule has 6 heteroatoms. The van der Waals surface area contributed by atoms with Crippen LogP contribution in [0.25, 0.3) is 0 Å². The van der Waals surface area contributed by atoms with Gasteiger partial charge in [0, 0.05) is 41.7 Å². The number of fused-ring (bicyclic) bond motifs is 3. The van der Waals surface area contributed by atoms with E-state index in [1.54, 1.807) is 31.6 Å². The average Bonchev–Trinajstić information content (AvgIpc) is 3.33. The van der Waals surface area contributed by atoms with E-state index in [4.69, 9.17) is 4.74 Å². The highest BCUT2D eigenvalue weighted by Gasteiger charge is 2.45. The van der Waals surface area contributed by atoms with Gasteiger partial charge >= 0.3 is 0 Å². The summed E-state index contributed by atoms with van der Waals surface area (Å²) < 4.78 is 5.40. The molecule has 166 valence electrons. The van der Waals surface area contributed by atoms with Crippen molar-refractivity contribution in [2.75, 3.05) is 25.6 Å². The van der Waals surface area contributed by atoms with Gasteiger partial charge in [0.05, 0.1) is 31.4 Å². The van der Waals surface area contributed by atoms with Crippen LogP contribution in [-0.2, 0) is 0 Å². The van der Waals surface area contributed by atoms with Gasteiger partial charge in [-0.1, -0.05) is 24.0 Å². The molecular weight excluding hydrogens is 414 g/mol. The summed E-state index contributed by atoms with van der Waals surface area (Å²) in [6.07, 6.45) is 4.11. The lowest BCUT2D eigenvalue weighted by Gasteiger charge is -2.39. The molecule has 5 rings (SSSR count). The Balaban J connectivity index is 1.52. The zero-order valence-corrected chi connectivity index (χ0v) is 18.4. The van der Waals surface area contributed by atoms with Crippen LogP contribution in [0.2, 0.25) is 0 Å². The number of hydrogen-bond acceptors (Lipinski definition) is 5. The van der Waals surface area contributed by atoms with Crippen LogP contribution < -0.4 is 10.1 Å². The first-order valence-corrected chi connectivity index (χ1v) is 11.1. The second kappa shape index (κ2) is 8.97. The third kappa shape index (κ3) is 3.92. The van der Waals surface area contributed by atoms with Crippen LogP contribution >= 0.6 is 0 Å². The molecule has 0 saturated carbocycles. The molecule has 2 aliphatic rings. The lowest BCUT2D eigenvalue weighted by atomic mass is 9.82. The van der Waals surface area contributed by atoms with Crippen LogP contribution in [0.5, 0.6) is 5.75 Å². The van der Waals surface area contributed by atoms with Crippen molar-refractivity contribution in [2.24, 2.45) is 5.92 Å². The number of methoxy groups -OCH3 is 1. The summed E-state index contributed by atoms with van der Waals surface area (Å²) in [4.78, 5) is 19.3. The van der Waals surface area contributed by atoms with Crippen LogP contribution in [-0.4, -0.2) is 47.2 Å². The predicted octanol–water partition coefficient (Wildman–Crippen LogP) is 3.48. The van der Waals surface area contributed by atoms with Gasteiger partial charge in [-0.15, -0.1) is 0 Å². The molecule has 1 aromatic heterocycles. The van der Waals surface area contributed by atoms with E-state index in [1.807, 2.05) is 41.3 Å². The summed E-state index contributed by atoms with van der Waals surface area (Å²) in [6.45, 7) is 0.665. The number of aromatic nitrogens is 1. The summed E-state index contributed by atoms with van der Waals surface area (Å²) in [7, 11) is 1.64.